The van der Waals surface area contributed by atoms with Gasteiger partial charge in [0.2, 0.25) is 5.95 Å². The highest BCUT2D eigenvalue weighted by molar-refractivity contribution is 5.86. The van der Waals surface area contributed by atoms with Gasteiger partial charge in [-0.2, -0.15) is 15.2 Å². The van der Waals surface area contributed by atoms with Crippen molar-refractivity contribution in [1.29, 1.82) is 0 Å². The van der Waals surface area contributed by atoms with Crippen LogP contribution < -0.4 is 5.32 Å². The number of nitrogens with one attached hydrogen (secondary N) is 1. The van der Waals surface area contributed by atoms with Crippen LogP contribution in [0.3, 0.4) is 0 Å². The van der Waals surface area contributed by atoms with Crippen LogP contribution in [0.1, 0.15) is 10.5 Å². The van der Waals surface area contributed by atoms with Crippen LogP contribution in [0.5, 0.6) is 0 Å². The Kier molecular flexibility index (Phi) is 3.52. The van der Waals surface area contributed by atoms with Crippen molar-refractivity contribution in [2.45, 2.75) is 0 Å². The summed E-state index contributed by atoms with van der Waals surface area (Å²) in [5.41, 5.74) is 0.984. The van der Waals surface area contributed by atoms with Gasteiger partial charge in [0.1, 0.15) is 0 Å². The van der Waals surface area contributed by atoms with Gasteiger partial charge in [0, 0.05) is 31.7 Å². The Balaban J connectivity index is 1.84. The normalized spacial score (nSPS) is 10.5. The first-order valence-corrected chi connectivity index (χ1v) is 6.39. The highest BCUT2D eigenvalue weighted by Gasteiger charge is 2.11. The lowest BCUT2D eigenvalue weighted by atomic mass is 10.4. The van der Waals surface area contributed by atoms with E-state index in [9.17, 15) is 4.79 Å². The lowest BCUT2D eigenvalue weighted by molar-refractivity contribution is 0.0593. The SMILES string of the molecule is COC(=O)c1ccn(-c2ccnc(Nc3cnn(C)c3)n2)n1. The first kappa shape index (κ1) is 13.7. The van der Waals surface area contributed by atoms with E-state index in [1.54, 1.807) is 41.6 Å². The molecule has 0 aliphatic heterocycles. The summed E-state index contributed by atoms with van der Waals surface area (Å²) in [7, 11) is 3.13. The zero-order valence-electron chi connectivity index (χ0n) is 12.0. The first-order valence-electron chi connectivity index (χ1n) is 6.39. The second-order valence-corrected chi connectivity index (χ2v) is 4.40. The lowest BCUT2D eigenvalue weighted by Gasteiger charge is -2.04. The molecule has 0 bridgehead atoms. The van der Waals surface area contributed by atoms with E-state index in [1.165, 1.54) is 11.8 Å². The monoisotopic (exact) mass is 299 g/mol. The molecule has 0 aliphatic rings. The molecular formula is C13H13N7O2. The molecule has 3 aromatic heterocycles. The highest BCUT2D eigenvalue weighted by Crippen LogP contribution is 2.12. The number of ether oxygens (including phenoxy) is 1. The molecule has 0 spiro atoms. The van der Waals surface area contributed by atoms with Crippen LogP contribution in [0.15, 0.2) is 36.9 Å². The summed E-state index contributed by atoms with van der Waals surface area (Å²) < 4.78 is 7.76. The number of methoxy groups -OCH3 is 1. The summed E-state index contributed by atoms with van der Waals surface area (Å²) in [6, 6.07) is 3.24. The summed E-state index contributed by atoms with van der Waals surface area (Å²) in [6.45, 7) is 0. The number of anilines is 2. The maximum atomic E-state index is 11.4. The highest BCUT2D eigenvalue weighted by atomic mass is 16.5. The summed E-state index contributed by atoms with van der Waals surface area (Å²) >= 11 is 0. The van der Waals surface area contributed by atoms with E-state index in [0.29, 0.717) is 11.8 Å². The van der Waals surface area contributed by atoms with Crippen LogP contribution in [0.2, 0.25) is 0 Å². The van der Waals surface area contributed by atoms with E-state index in [4.69, 9.17) is 0 Å². The predicted molar refractivity (Wildman–Crippen MR) is 77.0 cm³/mol. The largest absolute Gasteiger partial charge is 0.464 e. The molecule has 0 unspecified atom stereocenters. The lowest BCUT2D eigenvalue weighted by Crippen LogP contribution is -2.06. The zero-order chi connectivity index (χ0) is 15.5. The Hall–Kier alpha value is -3.23. The summed E-state index contributed by atoms with van der Waals surface area (Å²) in [6.07, 6.45) is 6.70. The van der Waals surface area contributed by atoms with Crippen LogP contribution in [0.4, 0.5) is 11.6 Å². The Morgan fingerprint density at radius 3 is 2.95 bits per heavy atom. The molecule has 9 heteroatoms. The number of carbonyl (C=O) groups excluding carboxylic acids is 1. The average molecular weight is 299 g/mol. The van der Waals surface area contributed by atoms with E-state index in [0.717, 1.165) is 5.69 Å². The number of rotatable bonds is 4. The van der Waals surface area contributed by atoms with Gasteiger partial charge in [-0.25, -0.2) is 14.5 Å². The first-order chi connectivity index (χ1) is 10.7. The Bertz CT molecular complexity index is 808. The summed E-state index contributed by atoms with van der Waals surface area (Å²) in [4.78, 5) is 19.9. The molecular weight excluding hydrogens is 286 g/mol. The zero-order valence-corrected chi connectivity index (χ0v) is 12.0. The molecule has 0 aromatic carbocycles. The van der Waals surface area contributed by atoms with Crippen molar-refractivity contribution in [3.8, 4) is 5.82 Å². The van der Waals surface area contributed by atoms with E-state index in [2.05, 4.69) is 30.2 Å². The third-order valence-corrected chi connectivity index (χ3v) is 2.82. The Labute approximate surface area is 125 Å². The number of aromatic nitrogens is 6. The molecule has 3 heterocycles. The fourth-order valence-corrected chi connectivity index (χ4v) is 1.82. The van der Waals surface area contributed by atoms with Gasteiger partial charge in [-0.15, -0.1) is 0 Å². The molecule has 9 nitrogen and oxygen atoms in total. The van der Waals surface area contributed by atoms with Gasteiger partial charge < -0.3 is 10.1 Å². The molecule has 1 N–H and O–H groups in total. The molecule has 0 saturated heterocycles. The van der Waals surface area contributed by atoms with Crippen LogP contribution in [-0.4, -0.2) is 42.6 Å². The van der Waals surface area contributed by atoms with Gasteiger partial charge in [-0.1, -0.05) is 0 Å². The number of nitrogens with zero attached hydrogens (tertiary/aromatic N) is 6. The summed E-state index contributed by atoms with van der Waals surface area (Å²) in [5.74, 6) is 0.429. The smallest absolute Gasteiger partial charge is 0.358 e. The molecule has 0 fully saturated rings. The number of hydrogen-bond acceptors (Lipinski definition) is 7. The minimum absolute atomic E-state index is 0.211. The third kappa shape index (κ3) is 2.77. The van der Waals surface area contributed by atoms with E-state index in [1.807, 2.05) is 7.05 Å². The summed E-state index contributed by atoms with van der Waals surface area (Å²) in [5, 5.41) is 11.2. The molecule has 0 aliphatic carbocycles. The number of aryl methyl sites for hydroxylation is 1. The third-order valence-electron chi connectivity index (χ3n) is 2.82. The van der Waals surface area contributed by atoms with Gasteiger partial charge in [-0.3, -0.25) is 4.68 Å². The van der Waals surface area contributed by atoms with Gasteiger partial charge in [-0.05, 0) is 6.07 Å². The maximum absolute atomic E-state index is 11.4. The minimum Gasteiger partial charge on any atom is -0.464 e. The minimum atomic E-state index is -0.499. The second kappa shape index (κ2) is 5.64. The predicted octanol–water partition coefficient (Wildman–Crippen LogP) is 0.926. The van der Waals surface area contributed by atoms with Crippen LogP contribution in [0.25, 0.3) is 5.82 Å². The van der Waals surface area contributed by atoms with Crippen LogP contribution >= 0.6 is 0 Å². The van der Waals surface area contributed by atoms with Crippen molar-refractivity contribution >= 4 is 17.6 Å². The number of carbonyl (C=O) groups is 1. The van der Waals surface area contributed by atoms with E-state index < -0.39 is 5.97 Å². The Morgan fingerprint density at radius 2 is 2.23 bits per heavy atom. The van der Waals surface area contributed by atoms with E-state index >= 15 is 0 Å². The van der Waals surface area contributed by atoms with Crippen LogP contribution in [0, 0.1) is 0 Å². The molecule has 22 heavy (non-hydrogen) atoms. The molecule has 3 aromatic rings. The Morgan fingerprint density at radius 1 is 1.36 bits per heavy atom. The standard InChI is InChI=1S/C13H13N7O2/c1-19-8-9(7-15-19)16-13-14-5-3-11(17-13)20-6-4-10(18-20)12(21)22-2/h3-8H,1-2H3,(H,14,16,17). The molecule has 112 valence electrons. The quantitative estimate of drug-likeness (QED) is 0.715. The topological polar surface area (TPSA) is 99.8 Å². The number of esters is 1. The molecule has 0 radical (unpaired) electrons. The second-order valence-electron chi connectivity index (χ2n) is 4.40. The molecule has 0 saturated carbocycles. The van der Waals surface area contributed by atoms with Crippen molar-refractivity contribution in [1.82, 2.24) is 29.5 Å². The average Bonchev–Trinajstić information content (AvgIpc) is 3.16. The van der Waals surface area contributed by atoms with Crippen molar-refractivity contribution in [3.05, 3.63) is 42.6 Å². The van der Waals surface area contributed by atoms with E-state index in [-0.39, 0.29) is 5.69 Å². The van der Waals surface area contributed by atoms with Gasteiger partial charge in [0.15, 0.2) is 11.5 Å². The fourth-order valence-electron chi connectivity index (χ4n) is 1.82. The van der Waals surface area contributed by atoms with Gasteiger partial charge in [0.05, 0.1) is 19.0 Å². The van der Waals surface area contributed by atoms with Crippen LogP contribution in [-0.2, 0) is 11.8 Å². The fraction of sp³-hybridized carbons (Fsp3) is 0.154. The van der Waals surface area contributed by atoms with Crippen molar-refractivity contribution < 1.29 is 9.53 Å². The molecule has 3 rings (SSSR count). The maximum Gasteiger partial charge on any atom is 0.358 e. The van der Waals surface area contributed by atoms with Crippen molar-refractivity contribution in [2.75, 3.05) is 12.4 Å². The van der Waals surface area contributed by atoms with Crippen molar-refractivity contribution in [3.63, 3.8) is 0 Å². The number of hydrogen-bond donors (Lipinski definition) is 1. The van der Waals surface area contributed by atoms with Gasteiger partial charge >= 0.3 is 5.97 Å². The van der Waals surface area contributed by atoms with Gasteiger partial charge in [0.25, 0.3) is 0 Å². The van der Waals surface area contributed by atoms with Crippen molar-refractivity contribution in [2.24, 2.45) is 7.05 Å². The molecule has 0 atom stereocenters. The molecule has 0 amide bonds.